The molecule has 0 aliphatic carbocycles. The summed E-state index contributed by atoms with van der Waals surface area (Å²) in [5, 5.41) is 6.47. The van der Waals surface area contributed by atoms with Gasteiger partial charge in [0, 0.05) is 24.6 Å². The van der Waals surface area contributed by atoms with Crippen LogP contribution in [0.15, 0.2) is 40.9 Å². The van der Waals surface area contributed by atoms with Gasteiger partial charge in [0.1, 0.15) is 17.7 Å². The maximum atomic E-state index is 13.5. The van der Waals surface area contributed by atoms with E-state index in [0.29, 0.717) is 28.0 Å². The predicted octanol–water partition coefficient (Wildman–Crippen LogP) is 5.06. The third-order valence-electron chi connectivity index (χ3n) is 5.37. The summed E-state index contributed by atoms with van der Waals surface area (Å²) in [6.45, 7) is 3.34. The van der Waals surface area contributed by atoms with Crippen LogP contribution in [-0.2, 0) is 13.5 Å². The van der Waals surface area contributed by atoms with Crippen LogP contribution >= 0.6 is 0 Å². The molecule has 0 aliphatic rings. The summed E-state index contributed by atoms with van der Waals surface area (Å²) in [6.07, 6.45) is -5.66. The Labute approximate surface area is 191 Å². The zero-order chi connectivity index (χ0) is 24.6. The normalized spacial score (nSPS) is 12.8. The fourth-order valence-corrected chi connectivity index (χ4v) is 3.69. The monoisotopic (exact) mass is 475 g/mol. The number of hydrogen-bond donors (Lipinski definition) is 1. The maximum Gasteiger partial charge on any atom is 0.389 e. The molecule has 2 heterocycles. The fraction of sp³-hybridized carbons (Fsp3) is 0.304. The topological polar surface area (TPSA) is 85.8 Å². The molecule has 1 amide bonds. The lowest BCUT2D eigenvalue weighted by atomic mass is 10.0. The van der Waals surface area contributed by atoms with Gasteiger partial charge in [0.25, 0.3) is 5.91 Å². The van der Waals surface area contributed by atoms with E-state index in [1.165, 1.54) is 30.3 Å². The lowest BCUT2D eigenvalue weighted by Gasteiger charge is -2.13. The van der Waals surface area contributed by atoms with E-state index in [4.69, 9.17) is 4.52 Å². The first-order chi connectivity index (χ1) is 16.0. The second kappa shape index (κ2) is 8.88. The molecule has 0 bridgehead atoms. The number of amides is 1. The number of nitrogens with zero attached hydrogens (tertiary/aromatic N) is 4. The molecule has 1 atom stereocenters. The van der Waals surface area contributed by atoms with Crippen molar-refractivity contribution in [3.8, 4) is 11.1 Å². The quantitative estimate of drug-likeness (QED) is 0.394. The van der Waals surface area contributed by atoms with E-state index in [1.54, 1.807) is 31.5 Å². The smallest absolute Gasteiger partial charge is 0.341 e. The number of alkyl halides is 3. The summed E-state index contributed by atoms with van der Waals surface area (Å²) in [4.78, 5) is 21.5. The van der Waals surface area contributed by atoms with Crippen LogP contribution < -0.4 is 5.32 Å². The second-order valence-corrected chi connectivity index (χ2v) is 7.98. The van der Waals surface area contributed by atoms with Gasteiger partial charge in [-0.15, -0.1) is 0 Å². The number of carbonyl (C=O) groups excluding carboxylic acids is 1. The first-order valence-corrected chi connectivity index (χ1v) is 10.4. The van der Waals surface area contributed by atoms with Gasteiger partial charge in [0.2, 0.25) is 5.89 Å². The average molecular weight is 475 g/mol. The van der Waals surface area contributed by atoms with Gasteiger partial charge in [0.05, 0.1) is 17.5 Å². The van der Waals surface area contributed by atoms with Crippen molar-refractivity contribution in [3.05, 3.63) is 65.3 Å². The third-order valence-corrected chi connectivity index (χ3v) is 5.37. The summed E-state index contributed by atoms with van der Waals surface area (Å²) in [7, 11) is 1.62. The molecule has 0 spiro atoms. The largest absolute Gasteiger partial charge is 0.389 e. The van der Waals surface area contributed by atoms with E-state index < -0.39 is 30.4 Å². The van der Waals surface area contributed by atoms with E-state index in [1.807, 2.05) is 0 Å². The minimum absolute atomic E-state index is 0.225. The molecule has 4 rings (SSSR count). The summed E-state index contributed by atoms with van der Waals surface area (Å²) >= 11 is 0. The molecule has 178 valence electrons. The minimum Gasteiger partial charge on any atom is -0.341 e. The average Bonchev–Trinajstić information content (AvgIpc) is 3.35. The molecule has 0 radical (unpaired) electrons. The summed E-state index contributed by atoms with van der Waals surface area (Å²) in [5.74, 6) is -0.0126. The van der Waals surface area contributed by atoms with Gasteiger partial charge >= 0.3 is 6.18 Å². The van der Waals surface area contributed by atoms with Crippen LogP contribution in [0, 0.1) is 12.7 Å². The zero-order valence-electron chi connectivity index (χ0n) is 18.6. The first kappa shape index (κ1) is 23.4. The second-order valence-electron chi connectivity index (χ2n) is 7.98. The standard InChI is InChI=1S/C23H21F4N5O2/c1-12(22-29-13(2)31-34-22)28-21(33)15-10-17(14-4-6-16(24)7-5-14)20-18(11-15)30-19(32(20)3)8-9-23(25,26)27/h4-7,10-12H,8-9H2,1-3H3,(H,28,33)/t12-/m1/s1. The van der Waals surface area contributed by atoms with Crippen molar-refractivity contribution < 1.29 is 26.9 Å². The highest BCUT2D eigenvalue weighted by Crippen LogP contribution is 2.32. The Hall–Kier alpha value is -3.76. The highest BCUT2D eigenvalue weighted by atomic mass is 19.4. The molecule has 4 aromatic rings. The summed E-state index contributed by atoms with van der Waals surface area (Å²) < 4.78 is 58.6. The number of halogens is 4. The molecule has 0 fully saturated rings. The van der Waals surface area contributed by atoms with Crippen molar-refractivity contribution >= 4 is 16.9 Å². The van der Waals surface area contributed by atoms with Crippen molar-refractivity contribution in [2.75, 3.05) is 0 Å². The van der Waals surface area contributed by atoms with E-state index in [0.717, 1.165) is 0 Å². The predicted molar refractivity (Wildman–Crippen MR) is 115 cm³/mol. The number of aryl methyl sites for hydroxylation is 3. The molecule has 11 heteroatoms. The highest BCUT2D eigenvalue weighted by molar-refractivity contribution is 6.03. The number of aromatic nitrogens is 4. The van der Waals surface area contributed by atoms with Crippen LogP contribution in [0.25, 0.3) is 22.2 Å². The minimum atomic E-state index is -4.33. The number of benzene rings is 2. The highest BCUT2D eigenvalue weighted by Gasteiger charge is 2.28. The Morgan fingerprint density at radius 3 is 2.50 bits per heavy atom. The van der Waals surface area contributed by atoms with Gasteiger partial charge < -0.3 is 14.4 Å². The zero-order valence-corrected chi connectivity index (χ0v) is 18.6. The van der Waals surface area contributed by atoms with Crippen molar-refractivity contribution in [3.63, 3.8) is 0 Å². The van der Waals surface area contributed by atoms with Gasteiger partial charge in [0.15, 0.2) is 5.82 Å². The van der Waals surface area contributed by atoms with Crippen molar-refractivity contribution in [1.29, 1.82) is 0 Å². The lowest BCUT2D eigenvalue weighted by Crippen LogP contribution is -2.27. The van der Waals surface area contributed by atoms with Crippen LogP contribution in [0.4, 0.5) is 17.6 Å². The van der Waals surface area contributed by atoms with E-state index >= 15 is 0 Å². The fourth-order valence-electron chi connectivity index (χ4n) is 3.69. The van der Waals surface area contributed by atoms with Gasteiger partial charge in [-0.2, -0.15) is 18.2 Å². The summed E-state index contributed by atoms with van der Waals surface area (Å²) in [6, 6.07) is 8.16. The Morgan fingerprint density at radius 1 is 1.18 bits per heavy atom. The Bertz CT molecular complexity index is 1340. The molecule has 0 unspecified atom stereocenters. The van der Waals surface area contributed by atoms with Crippen molar-refractivity contribution in [2.45, 2.75) is 38.9 Å². The molecular weight excluding hydrogens is 454 g/mol. The van der Waals surface area contributed by atoms with Crippen molar-refractivity contribution in [2.24, 2.45) is 7.05 Å². The van der Waals surface area contributed by atoms with E-state index in [2.05, 4.69) is 20.4 Å². The molecule has 2 aromatic heterocycles. The van der Waals surface area contributed by atoms with Crippen LogP contribution in [0.1, 0.15) is 47.3 Å². The third kappa shape index (κ3) is 4.92. The van der Waals surface area contributed by atoms with Crippen LogP contribution in [-0.4, -0.2) is 31.8 Å². The van der Waals surface area contributed by atoms with E-state index in [-0.39, 0.29) is 23.7 Å². The number of fused-ring (bicyclic) bond motifs is 1. The molecule has 0 aliphatic heterocycles. The van der Waals surface area contributed by atoms with Gasteiger partial charge in [-0.3, -0.25) is 4.79 Å². The summed E-state index contributed by atoms with van der Waals surface area (Å²) in [5.41, 5.74) is 2.26. The van der Waals surface area contributed by atoms with Gasteiger partial charge in [-0.1, -0.05) is 17.3 Å². The number of rotatable bonds is 6. The van der Waals surface area contributed by atoms with Gasteiger partial charge in [-0.05, 0) is 43.7 Å². The Morgan fingerprint density at radius 2 is 1.88 bits per heavy atom. The molecule has 7 nitrogen and oxygen atoms in total. The SMILES string of the molecule is Cc1noc([C@@H](C)NC(=O)c2cc(-c3ccc(F)cc3)c3c(c2)nc(CCC(F)(F)F)n3C)n1. The lowest BCUT2D eigenvalue weighted by molar-refractivity contribution is -0.134. The van der Waals surface area contributed by atoms with E-state index in [9.17, 15) is 22.4 Å². The first-order valence-electron chi connectivity index (χ1n) is 10.4. The molecule has 0 saturated carbocycles. The molecular formula is C23H21F4N5O2. The molecule has 2 aromatic carbocycles. The van der Waals surface area contributed by atoms with Crippen LogP contribution in [0.5, 0.6) is 0 Å². The number of imidazole rings is 1. The van der Waals surface area contributed by atoms with Crippen molar-refractivity contribution in [1.82, 2.24) is 25.0 Å². The Kier molecular flexibility index (Phi) is 6.11. The number of nitrogens with one attached hydrogen (secondary N) is 1. The van der Waals surface area contributed by atoms with Crippen LogP contribution in [0.2, 0.25) is 0 Å². The number of hydrogen-bond acceptors (Lipinski definition) is 5. The maximum absolute atomic E-state index is 13.5. The molecule has 0 saturated heterocycles. The van der Waals surface area contributed by atoms with Crippen LogP contribution in [0.3, 0.4) is 0 Å². The molecule has 34 heavy (non-hydrogen) atoms. The molecule has 1 N–H and O–H groups in total. The number of carbonyl (C=O) groups is 1. The Balaban J connectivity index is 1.76. The van der Waals surface area contributed by atoms with Gasteiger partial charge in [-0.25, -0.2) is 9.37 Å².